The van der Waals surface area contributed by atoms with E-state index in [0.29, 0.717) is 6.61 Å². The van der Waals surface area contributed by atoms with E-state index in [1.807, 2.05) is 30.3 Å². The van der Waals surface area contributed by atoms with E-state index in [0.717, 1.165) is 5.56 Å². The summed E-state index contributed by atoms with van der Waals surface area (Å²) in [4.78, 5) is 24.5. The van der Waals surface area contributed by atoms with Crippen LogP contribution in [-0.4, -0.2) is 36.7 Å². The Balaban J connectivity index is 1.95. The van der Waals surface area contributed by atoms with Crippen LogP contribution in [0.1, 0.15) is 18.4 Å². The van der Waals surface area contributed by atoms with Gasteiger partial charge in [-0.1, -0.05) is 43.0 Å². The van der Waals surface area contributed by atoms with Crippen molar-refractivity contribution >= 4 is 11.9 Å². The van der Waals surface area contributed by atoms with Gasteiger partial charge in [-0.25, -0.2) is 0 Å². The number of carbonyl (C=O) groups is 2. The lowest BCUT2D eigenvalue weighted by Gasteiger charge is -2.22. The molecule has 0 unspecified atom stereocenters. The van der Waals surface area contributed by atoms with Gasteiger partial charge in [0.05, 0.1) is 6.61 Å². The van der Waals surface area contributed by atoms with Crippen molar-refractivity contribution in [3.63, 3.8) is 0 Å². The maximum atomic E-state index is 12.4. The Labute approximate surface area is 129 Å². The number of fused-ring (bicyclic) bond motifs is 1. The van der Waals surface area contributed by atoms with Crippen molar-refractivity contribution in [3.8, 4) is 0 Å². The third kappa shape index (κ3) is 2.22. The number of carbonyl (C=O) groups excluding carboxylic acids is 2. The highest BCUT2D eigenvalue weighted by Crippen LogP contribution is 2.46. The van der Waals surface area contributed by atoms with E-state index >= 15 is 0 Å². The molecule has 22 heavy (non-hydrogen) atoms. The molecule has 0 radical (unpaired) electrons. The zero-order valence-corrected chi connectivity index (χ0v) is 12.5. The lowest BCUT2D eigenvalue weighted by atomic mass is 9.78. The molecule has 5 nitrogen and oxygen atoms in total. The smallest absolute Gasteiger partial charge is 0.326 e. The average molecular weight is 301 g/mol. The van der Waals surface area contributed by atoms with E-state index in [9.17, 15) is 9.59 Å². The molecule has 0 spiro atoms. The van der Waals surface area contributed by atoms with E-state index in [1.54, 1.807) is 6.92 Å². The summed E-state index contributed by atoms with van der Waals surface area (Å²) < 4.78 is 10.4. The van der Waals surface area contributed by atoms with E-state index in [-0.39, 0.29) is 30.4 Å². The zero-order chi connectivity index (χ0) is 15.7. The molecule has 2 aliphatic rings. The summed E-state index contributed by atoms with van der Waals surface area (Å²) in [5.74, 6) is -0.923. The van der Waals surface area contributed by atoms with Crippen molar-refractivity contribution in [1.82, 2.24) is 5.32 Å². The predicted octanol–water partition coefficient (Wildman–Crippen LogP) is 1.40. The molecule has 116 valence electrons. The second-order valence-electron chi connectivity index (χ2n) is 5.88. The molecule has 2 aliphatic heterocycles. The van der Waals surface area contributed by atoms with Crippen molar-refractivity contribution in [2.45, 2.75) is 24.4 Å². The molecule has 3 rings (SSSR count). The van der Waals surface area contributed by atoms with Gasteiger partial charge in [0.2, 0.25) is 0 Å². The van der Waals surface area contributed by atoms with Crippen LogP contribution in [0.4, 0.5) is 0 Å². The highest BCUT2D eigenvalue weighted by atomic mass is 16.5. The van der Waals surface area contributed by atoms with E-state index in [1.165, 1.54) is 6.08 Å². The highest BCUT2D eigenvalue weighted by Gasteiger charge is 2.62. The summed E-state index contributed by atoms with van der Waals surface area (Å²) in [6.07, 6.45) is 1.53. The Morgan fingerprint density at radius 3 is 2.91 bits per heavy atom. The largest absolute Gasteiger partial charge is 0.464 e. The van der Waals surface area contributed by atoms with Gasteiger partial charge in [-0.05, 0) is 12.5 Å². The molecule has 0 amide bonds. The summed E-state index contributed by atoms with van der Waals surface area (Å²) in [5, 5.41) is 3.15. The average Bonchev–Trinajstić information content (AvgIpc) is 2.99. The minimum Gasteiger partial charge on any atom is -0.464 e. The number of hydrogen-bond acceptors (Lipinski definition) is 5. The SMILES string of the molecule is C=CCOC(=O)[C@H]1N[C@@]2(C)C(=O)OC[C@H]2[C@@H]1c1ccccc1. The Kier molecular flexibility index (Phi) is 3.74. The first kappa shape index (κ1) is 14.8. The molecule has 2 heterocycles. The van der Waals surface area contributed by atoms with E-state index < -0.39 is 11.6 Å². The zero-order valence-electron chi connectivity index (χ0n) is 12.5. The van der Waals surface area contributed by atoms with Crippen LogP contribution in [-0.2, 0) is 19.1 Å². The van der Waals surface area contributed by atoms with Gasteiger partial charge in [0.25, 0.3) is 0 Å². The molecule has 5 heteroatoms. The van der Waals surface area contributed by atoms with Gasteiger partial charge in [0, 0.05) is 11.8 Å². The predicted molar refractivity (Wildman–Crippen MR) is 80.1 cm³/mol. The Morgan fingerprint density at radius 2 is 2.23 bits per heavy atom. The number of rotatable bonds is 4. The number of benzene rings is 1. The second-order valence-corrected chi connectivity index (χ2v) is 5.88. The fraction of sp³-hybridized carbons (Fsp3) is 0.412. The topological polar surface area (TPSA) is 64.6 Å². The van der Waals surface area contributed by atoms with Crippen molar-refractivity contribution in [2.24, 2.45) is 5.92 Å². The van der Waals surface area contributed by atoms with E-state index in [4.69, 9.17) is 9.47 Å². The van der Waals surface area contributed by atoms with Crippen molar-refractivity contribution < 1.29 is 19.1 Å². The maximum Gasteiger partial charge on any atom is 0.326 e. The summed E-state index contributed by atoms with van der Waals surface area (Å²) >= 11 is 0. The molecule has 4 atom stereocenters. The second kappa shape index (κ2) is 5.57. The molecular weight excluding hydrogens is 282 g/mol. The molecule has 0 aromatic heterocycles. The number of ether oxygens (including phenoxy) is 2. The molecule has 0 bridgehead atoms. The third-order valence-corrected chi connectivity index (χ3v) is 4.59. The molecule has 0 saturated carbocycles. The summed E-state index contributed by atoms with van der Waals surface area (Å²) in [7, 11) is 0. The molecule has 2 saturated heterocycles. The number of esters is 2. The fourth-order valence-electron chi connectivity index (χ4n) is 3.44. The Hall–Kier alpha value is -2.14. The highest BCUT2D eigenvalue weighted by molar-refractivity contribution is 5.88. The van der Waals surface area contributed by atoms with Gasteiger partial charge in [-0.15, -0.1) is 0 Å². The lowest BCUT2D eigenvalue weighted by molar-refractivity contribution is -0.147. The maximum absolute atomic E-state index is 12.4. The summed E-state index contributed by atoms with van der Waals surface area (Å²) in [6.45, 7) is 5.81. The summed E-state index contributed by atoms with van der Waals surface area (Å²) in [6, 6.07) is 9.14. The van der Waals surface area contributed by atoms with Gasteiger partial charge in [0.15, 0.2) is 0 Å². The van der Waals surface area contributed by atoms with Gasteiger partial charge >= 0.3 is 11.9 Å². The van der Waals surface area contributed by atoms with E-state index in [2.05, 4.69) is 11.9 Å². The minimum absolute atomic E-state index is 0.0938. The first-order chi connectivity index (χ1) is 10.6. The molecular formula is C17H19NO4. The van der Waals surface area contributed by atoms with Crippen LogP contribution in [0.15, 0.2) is 43.0 Å². The number of nitrogens with one attached hydrogen (secondary N) is 1. The molecule has 1 N–H and O–H groups in total. The van der Waals surface area contributed by atoms with Crippen LogP contribution in [0.5, 0.6) is 0 Å². The minimum atomic E-state index is -0.849. The first-order valence-electron chi connectivity index (χ1n) is 7.35. The van der Waals surface area contributed by atoms with Crippen molar-refractivity contribution in [1.29, 1.82) is 0 Å². The Bertz CT molecular complexity index is 600. The normalized spacial score (nSPS) is 33.1. The quantitative estimate of drug-likeness (QED) is 0.673. The first-order valence-corrected chi connectivity index (χ1v) is 7.35. The number of cyclic esters (lactones) is 1. The van der Waals surface area contributed by atoms with Crippen LogP contribution >= 0.6 is 0 Å². The van der Waals surface area contributed by atoms with Gasteiger partial charge < -0.3 is 9.47 Å². The van der Waals surface area contributed by atoms with Crippen molar-refractivity contribution in [3.05, 3.63) is 48.6 Å². The third-order valence-electron chi connectivity index (χ3n) is 4.59. The fourth-order valence-corrected chi connectivity index (χ4v) is 3.44. The molecule has 1 aromatic rings. The molecule has 0 aliphatic carbocycles. The van der Waals surface area contributed by atoms with Gasteiger partial charge in [-0.3, -0.25) is 14.9 Å². The molecule has 1 aromatic carbocycles. The van der Waals surface area contributed by atoms with Gasteiger partial charge in [-0.2, -0.15) is 0 Å². The Morgan fingerprint density at radius 1 is 1.50 bits per heavy atom. The van der Waals surface area contributed by atoms with Crippen LogP contribution in [0, 0.1) is 5.92 Å². The van der Waals surface area contributed by atoms with Crippen molar-refractivity contribution in [2.75, 3.05) is 13.2 Å². The standard InChI is InChI=1S/C17H19NO4/c1-3-9-21-15(19)14-13(11-7-5-4-6-8-11)12-10-22-16(20)17(12,2)18-14/h3-8,12-14,18H,1,9-10H2,2H3/t12-,13-,14-,17+/m0/s1. The number of hydrogen-bond donors (Lipinski definition) is 1. The van der Waals surface area contributed by atoms with Crippen LogP contribution in [0.25, 0.3) is 0 Å². The van der Waals surface area contributed by atoms with Gasteiger partial charge in [0.1, 0.15) is 18.2 Å². The van der Waals surface area contributed by atoms with Crippen LogP contribution < -0.4 is 5.32 Å². The monoisotopic (exact) mass is 301 g/mol. The van der Waals surface area contributed by atoms with Crippen LogP contribution in [0.3, 0.4) is 0 Å². The lowest BCUT2D eigenvalue weighted by Crippen LogP contribution is -2.49. The summed E-state index contributed by atoms with van der Waals surface area (Å²) in [5.41, 5.74) is 0.154. The molecule has 2 fully saturated rings. The van der Waals surface area contributed by atoms with Crippen LogP contribution in [0.2, 0.25) is 0 Å².